The van der Waals surface area contributed by atoms with E-state index in [2.05, 4.69) is 158 Å². The maximum atomic E-state index is 8.96. The molecule has 0 atom stereocenters. The monoisotopic (exact) mass is 1240 g/mol. The fourth-order valence-corrected chi connectivity index (χ4v) is 15.1. The van der Waals surface area contributed by atoms with Crippen LogP contribution < -0.4 is 0 Å². The average molecular weight is 1250 g/mol. The van der Waals surface area contributed by atoms with Gasteiger partial charge in [0, 0.05) is 49.0 Å². The maximum absolute atomic E-state index is 8.96. The van der Waals surface area contributed by atoms with E-state index in [1.807, 2.05) is 133 Å². The molecule has 0 spiro atoms. The normalized spacial score (nSPS) is 13.2. The van der Waals surface area contributed by atoms with E-state index in [1.54, 1.807) is 0 Å². The van der Waals surface area contributed by atoms with Crippen LogP contribution in [0.5, 0.6) is 0 Å². The fraction of sp³-hybridized carbons (Fsp3) is 0. The van der Waals surface area contributed by atoms with Gasteiger partial charge in [0.2, 0.25) is 0 Å². The van der Waals surface area contributed by atoms with Gasteiger partial charge >= 0.3 is 0 Å². The first-order valence-electron chi connectivity index (χ1n) is 37.4. The molecule has 0 bridgehead atoms. The summed E-state index contributed by atoms with van der Waals surface area (Å²) < 4.78 is 106. The van der Waals surface area contributed by atoms with Crippen molar-refractivity contribution in [3.8, 4) is 89.0 Å². The molecule has 20 rings (SSSR count). The summed E-state index contributed by atoms with van der Waals surface area (Å²) in [6, 6.07) is 95.5. The number of furan rings is 3. The lowest BCUT2D eigenvalue weighted by Gasteiger charge is -2.19. The summed E-state index contributed by atoms with van der Waals surface area (Å²) >= 11 is 0. The van der Waals surface area contributed by atoms with E-state index < -0.39 is 12.1 Å². The predicted octanol–water partition coefficient (Wildman–Crippen LogP) is 27.0. The molecule has 0 N–H and O–H groups in total. The van der Waals surface area contributed by atoms with Crippen LogP contribution in [0.25, 0.3) is 198 Å². The molecule has 3 nitrogen and oxygen atoms in total. The van der Waals surface area contributed by atoms with Gasteiger partial charge in [-0.1, -0.05) is 303 Å². The Bertz CT molecular complexity index is 6980. The Hall–Kier alpha value is -12.8. The Balaban J connectivity index is 0.000000147. The molecule has 0 saturated carbocycles. The second-order valence-corrected chi connectivity index (χ2v) is 24.4. The third kappa shape index (κ3) is 9.19. The van der Waals surface area contributed by atoms with Crippen LogP contribution in [0.3, 0.4) is 0 Å². The summed E-state index contributed by atoms with van der Waals surface area (Å²) in [5.41, 5.74) is 18.9. The molecular weight excluding hydrogens is 1180 g/mol. The molecule has 0 amide bonds. The smallest absolute Gasteiger partial charge is 0.143 e. The predicted molar refractivity (Wildman–Crippen MR) is 408 cm³/mol. The molecule has 0 fully saturated rings. The molecule has 3 aromatic heterocycles. The highest BCUT2D eigenvalue weighted by Crippen LogP contribution is 2.51. The number of fused-ring (bicyclic) bond motifs is 13. The second kappa shape index (κ2) is 23.0. The van der Waals surface area contributed by atoms with E-state index >= 15 is 0 Å². The summed E-state index contributed by atoms with van der Waals surface area (Å²) in [6.07, 6.45) is 0. The molecule has 0 saturated heterocycles. The van der Waals surface area contributed by atoms with Gasteiger partial charge in [-0.3, -0.25) is 0 Å². The molecule has 0 unspecified atom stereocenters. The standard InChI is InChI=1S/C50H30O2.C44H28O/c1-2-14-31(15-3-1)46-35-19-4-6-21-37(35)47(38-22-7-5-20-36(38)46)32-16-12-17-33(30-32)48-39(28-29-45-49(48)42-23-9-11-27-44(42)51-45)41-25-13-24-40-34-18-8-10-26-43(34)52-50(40)41;1-3-14-29(15-4-1)33-26-27-40-44(38-24-11-12-25-39(38)45-40)43(33)32-19-13-18-31(28-32)42-36-22-9-7-20-34(36)41(30-16-5-2-6-17-30)35-21-8-10-23-37(35)42/h1-30H;1-28H/i1D,2D,3D,14D,15D;2D,5D,6D,16D,17D. The van der Waals surface area contributed by atoms with Gasteiger partial charge in [-0.25, -0.2) is 0 Å². The van der Waals surface area contributed by atoms with Gasteiger partial charge in [0.05, 0.1) is 13.7 Å². The van der Waals surface area contributed by atoms with E-state index in [-0.39, 0.29) is 59.5 Å². The van der Waals surface area contributed by atoms with Crippen LogP contribution in [0.2, 0.25) is 0 Å². The lowest BCUT2D eigenvalue weighted by atomic mass is 9.84. The maximum Gasteiger partial charge on any atom is 0.143 e. The van der Waals surface area contributed by atoms with Crippen molar-refractivity contribution in [2.75, 3.05) is 0 Å². The number of hydrogen-bond acceptors (Lipinski definition) is 3. The first-order chi connectivity index (χ1) is 52.3. The van der Waals surface area contributed by atoms with Gasteiger partial charge < -0.3 is 13.3 Å². The zero-order valence-electron chi connectivity index (χ0n) is 61.9. The van der Waals surface area contributed by atoms with Crippen LogP contribution in [0.4, 0.5) is 0 Å². The number of benzene rings is 17. The molecule has 0 aliphatic rings. The van der Waals surface area contributed by atoms with Crippen LogP contribution in [-0.4, -0.2) is 0 Å². The third-order valence-electron chi connectivity index (χ3n) is 19.1. The van der Waals surface area contributed by atoms with E-state index in [4.69, 9.17) is 27.0 Å². The Morgan fingerprint density at radius 2 is 0.505 bits per heavy atom. The van der Waals surface area contributed by atoms with Crippen molar-refractivity contribution in [3.05, 3.63) is 352 Å². The van der Waals surface area contributed by atoms with Gasteiger partial charge in [0.15, 0.2) is 0 Å². The van der Waals surface area contributed by atoms with E-state index in [0.29, 0.717) is 11.1 Å². The van der Waals surface area contributed by atoms with Crippen LogP contribution >= 0.6 is 0 Å². The van der Waals surface area contributed by atoms with E-state index in [1.165, 1.54) is 0 Å². The minimum absolute atomic E-state index is 0.191. The molecule has 0 aliphatic heterocycles. The number of hydrogen-bond donors (Lipinski definition) is 0. The quantitative estimate of drug-likeness (QED) is 0.142. The molecule has 17 aromatic carbocycles. The minimum Gasteiger partial charge on any atom is -0.456 e. The zero-order chi connectivity index (χ0) is 72.6. The summed E-state index contributed by atoms with van der Waals surface area (Å²) in [6.45, 7) is 0. The highest BCUT2D eigenvalue weighted by atomic mass is 16.3. The van der Waals surface area contributed by atoms with Crippen LogP contribution in [0.15, 0.2) is 365 Å². The van der Waals surface area contributed by atoms with Gasteiger partial charge in [0.1, 0.15) is 33.5 Å². The average Bonchev–Trinajstić information content (AvgIpc) is 1.56. The Kier molecular flexibility index (Phi) is 11.0. The fourth-order valence-electron chi connectivity index (χ4n) is 15.1. The van der Waals surface area contributed by atoms with Crippen molar-refractivity contribution in [2.45, 2.75) is 0 Å². The van der Waals surface area contributed by atoms with Crippen molar-refractivity contribution >= 4 is 109 Å². The first kappa shape index (κ1) is 46.3. The lowest BCUT2D eigenvalue weighted by Crippen LogP contribution is -1.92. The number of rotatable bonds is 8. The molecular formula is C94H58O3. The Morgan fingerprint density at radius 1 is 0.186 bits per heavy atom. The topological polar surface area (TPSA) is 39.4 Å². The van der Waals surface area contributed by atoms with Crippen LogP contribution in [0, 0.1) is 0 Å². The van der Waals surface area contributed by atoms with Crippen LogP contribution in [-0.2, 0) is 0 Å². The van der Waals surface area contributed by atoms with Gasteiger partial charge in [0.25, 0.3) is 0 Å². The molecule has 97 heavy (non-hydrogen) atoms. The molecule has 0 aliphatic carbocycles. The third-order valence-corrected chi connectivity index (χ3v) is 19.1. The largest absolute Gasteiger partial charge is 0.456 e. The summed E-state index contributed by atoms with van der Waals surface area (Å²) in [4.78, 5) is 0. The van der Waals surface area contributed by atoms with Gasteiger partial charge in [-0.2, -0.15) is 0 Å². The Labute approximate surface area is 573 Å². The minimum atomic E-state index is -0.410. The molecule has 3 heterocycles. The highest BCUT2D eigenvalue weighted by Gasteiger charge is 2.25. The van der Waals surface area contributed by atoms with Crippen molar-refractivity contribution in [2.24, 2.45) is 0 Å². The highest BCUT2D eigenvalue weighted by molar-refractivity contribution is 6.25. The van der Waals surface area contributed by atoms with Crippen molar-refractivity contribution in [1.29, 1.82) is 0 Å². The lowest BCUT2D eigenvalue weighted by molar-refractivity contribution is 0.668. The van der Waals surface area contributed by atoms with Gasteiger partial charge in [-0.05, 0) is 164 Å². The van der Waals surface area contributed by atoms with Gasteiger partial charge in [-0.15, -0.1) is 0 Å². The molecule has 20 aromatic rings. The van der Waals surface area contributed by atoms with Crippen molar-refractivity contribution < 1.29 is 27.0 Å². The number of para-hydroxylation sites is 4. The summed E-state index contributed by atoms with van der Waals surface area (Å²) in [5, 5.41) is 13.2. The van der Waals surface area contributed by atoms with E-state index in [9.17, 15) is 0 Å². The summed E-state index contributed by atoms with van der Waals surface area (Å²) in [7, 11) is 0. The molecule has 452 valence electrons. The zero-order valence-corrected chi connectivity index (χ0v) is 51.9. The van der Waals surface area contributed by atoms with Crippen LogP contribution in [0.1, 0.15) is 13.7 Å². The van der Waals surface area contributed by atoms with Crippen molar-refractivity contribution in [1.82, 2.24) is 0 Å². The molecule has 3 heteroatoms. The van der Waals surface area contributed by atoms with E-state index in [0.717, 1.165) is 176 Å². The SMILES string of the molecule is [2H]c1c([2H])c([2H])c(-c2c3ccccc3c(-c3cccc(-c4c(-c5cccc6c5oc5ccccc56)ccc5oc6ccccc6c45)c3)c3ccccc23)c([2H])c1[2H].[2H]c1c([2H])c([2H])c(-c2c3ccccc3c(-c3cccc(-c4c(-c5ccccc5)ccc5oc6ccccc6c45)c3)c3ccccc23)c([2H])c1[2H]. The summed E-state index contributed by atoms with van der Waals surface area (Å²) in [5.74, 6) is 0. The second-order valence-electron chi connectivity index (χ2n) is 24.4. The first-order valence-corrected chi connectivity index (χ1v) is 32.4. The molecule has 0 radical (unpaired) electrons. The van der Waals surface area contributed by atoms with Crippen molar-refractivity contribution in [3.63, 3.8) is 0 Å². The Morgan fingerprint density at radius 3 is 0.948 bits per heavy atom.